The highest BCUT2D eigenvalue weighted by atomic mass is 16.1. The minimum atomic E-state index is -0.390. The number of hydrogen-bond acceptors (Lipinski definition) is 4. The van der Waals surface area contributed by atoms with Crippen molar-refractivity contribution >= 4 is 12.2 Å². The Morgan fingerprint density at radius 2 is 2.07 bits per heavy atom. The molecule has 1 aliphatic carbocycles. The minimum Gasteiger partial charge on any atom is -0.211 e. The van der Waals surface area contributed by atoms with Crippen LogP contribution in [0.15, 0.2) is 9.98 Å². The van der Waals surface area contributed by atoms with Crippen LogP contribution in [0, 0.1) is 5.92 Å². The van der Waals surface area contributed by atoms with E-state index in [1.165, 1.54) is 0 Å². The molecular weight excluding hydrogens is 180 g/mol. The average Bonchev–Trinajstić information content (AvgIpc) is 2.13. The minimum absolute atomic E-state index is 0.0525. The number of rotatable bonds is 2. The monoisotopic (exact) mass is 194 g/mol. The van der Waals surface area contributed by atoms with Crippen LogP contribution in [-0.4, -0.2) is 23.7 Å². The summed E-state index contributed by atoms with van der Waals surface area (Å²) in [4.78, 5) is 27.9. The molecule has 14 heavy (non-hydrogen) atoms. The van der Waals surface area contributed by atoms with Crippen LogP contribution in [0.3, 0.4) is 0 Å². The highest BCUT2D eigenvalue weighted by Gasteiger charge is 2.35. The predicted molar refractivity (Wildman–Crippen MR) is 51.5 cm³/mol. The van der Waals surface area contributed by atoms with Gasteiger partial charge >= 0.3 is 0 Å². The molecule has 0 aromatic carbocycles. The van der Waals surface area contributed by atoms with Crippen LogP contribution in [0.5, 0.6) is 0 Å². The summed E-state index contributed by atoms with van der Waals surface area (Å²) in [7, 11) is 0. The number of aliphatic imine (C=N–C) groups is 2. The van der Waals surface area contributed by atoms with E-state index in [-0.39, 0.29) is 11.6 Å². The molecule has 1 aliphatic rings. The van der Waals surface area contributed by atoms with Gasteiger partial charge in [-0.2, -0.15) is 4.99 Å². The topological polar surface area (TPSA) is 58.9 Å². The lowest BCUT2D eigenvalue weighted by atomic mass is 9.76. The van der Waals surface area contributed by atoms with Crippen LogP contribution in [0.2, 0.25) is 0 Å². The molecule has 0 aromatic rings. The van der Waals surface area contributed by atoms with Gasteiger partial charge in [0.15, 0.2) is 0 Å². The molecule has 3 atom stereocenters. The van der Waals surface area contributed by atoms with Crippen molar-refractivity contribution in [1.82, 2.24) is 0 Å². The fourth-order valence-corrected chi connectivity index (χ4v) is 1.94. The molecule has 0 amide bonds. The Labute approximate surface area is 83.1 Å². The largest absolute Gasteiger partial charge is 0.235 e. The van der Waals surface area contributed by atoms with Crippen LogP contribution in [0.1, 0.15) is 33.1 Å². The number of nitrogens with zero attached hydrogens (tertiary/aromatic N) is 2. The Kier molecular flexibility index (Phi) is 3.34. The molecule has 0 bridgehead atoms. The first-order valence-electron chi connectivity index (χ1n) is 4.77. The van der Waals surface area contributed by atoms with Crippen LogP contribution in [0.25, 0.3) is 0 Å². The molecular formula is C10H14N2O2. The lowest BCUT2D eigenvalue weighted by Crippen LogP contribution is -2.36. The van der Waals surface area contributed by atoms with Crippen molar-refractivity contribution in [3.05, 3.63) is 0 Å². The second kappa shape index (κ2) is 4.32. The molecule has 3 unspecified atom stereocenters. The summed E-state index contributed by atoms with van der Waals surface area (Å²) in [6.45, 7) is 3.95. The highest BCUT2D eigenvalue weighted by molar-refractivity contribution is 5.36. The zero-order valence-corrected chi connectivity index (χ0v) is 8.49. The summed E-state index contributed by atoms with van der Waals surface area (Å²) in [5, 5.41) is 0. The molecule has 0 aromatic heterocycles. The zero-order valence-electron chi connectivity index (χ0n) is 8.49. The van der Waals surface area contributed by atoms with E-state index in [2.05, 4.69) is 16.9 Å². The predicted octanol–water partition coefficient (Wildman–Crippen LogP) is 1.61. The molecule has 1 fully saturated rings. The zero-order chi connectivity index (χ0) is 10.6. The molecule has 1 rings (SSSR count). The summed E-state index contributed by atoms with van der Waals surface area (Å²) < 4.78 is 0. The van der Waals surface area contributed by atoms with Gasteiger partial charge in [-0.25, -0.2) is 14.6 Å². The molecule has 0 spiro atoms. The number of carbonyl (C=O) groups excluding carboxylic acids is 2. The smallest absolute Gasteiger partial charge is 0.211 e. The number of hydrogen-bond donors (Lipinski definition) is 0. The molecule has 0 radical (unpaired) electrons. The SMILES string of the molecule is CC1CCC(C)(N=C=O)CC1N=C=O. The summed E-state index contributed by atoms with van der Waals surface area (Å²) >= 11 is 0. The molecule has 4 heteroatoms. The Morgan fingerprint density at radius 3 is 2.64 bits per heavy atom. The molecule has 4 nitrogen and oxygen atoms in total. The Morgan fingerprint density at radius 1 is 1.36 bits per heavy atom. The van der Waals surface area contributed by atoms with Crippen molar-refractivity contribution in [2.45, 2.75) is 44.7 Å². The van der Waals surface area contributed by atoms with Gasteiger partial charge in [0, 0.05) is 0 Å². The van der Waals surface area contributed by atoms with Gasteiger partial charge in [0.1, 0.15) is 0 Å². The maximum absolute atomic E-state index is 10.2. The molecule has 0 saturated heterocycles. The van der Waals surface area contributed by atoms with E-state index in [0.29, 0.717) is 12.3 Å². The Bertz CT molecular complexity index is 303. The van der Waals surface area contributed by atoms with Gasteiger partial charge in [0.05, 0.1) is 11.6 Å². The van der Waals surface area contributed by atoms with Gasteiger partial charge in [0.2, 0.25) is 12.2 Å². The standard InChI is InChI=1S/C10H14N2O2/c1-8-3-4-10(2,12-7-14)5-9(8)11-6-13/h8-9H,3-5H2,1-2H3. The average molecular weight is 194 g/mol. The fraction of sp³-hybridized carbons (Fsp3) is 0.800. The van der Waals surface area contributed by atoms with Crippen molar-refractivity contribution in [3.63, 3.8) is 0 Å². The van der Waals surface area contributed by atoms with Crippen molar-refractivity contribution in [2.24, 2.45) is 15.9 Å². The molecule has 0 N–H and O–H groups in total. The Hall–Kier alpha value is -1.24. The van der Waals surface area contributed by atoms with Crippen LogP contribution in [-0.2, 0) is 9.59 Å². The first-order valence-corrected chi connectivity index (χ1v) is 4.77. The lowest BCUT2D eigenvalue weighted by Gasteiger charge is -2.35. The van der Waals surface area contributed by atoms with Crippen molar-refractivity contribution in [1.29, 1.82) is 0 Å². The molecule has 0 aliphatic heterocycles. The summed E-state index contributed by atoms with van der Waals surface area (Å²) in [5.41, 5.74) is -0.390. The van der Waals surface area contributed by atoms with E-state index in [0.717, 1.165) is 12.8 Å². The van der Waals surface area contributed by atoms with E-state index in [1.807, 2.05) is 6.92 Å². The number of isocyanates is 2. The van der Waals surface area contributed by atoms with Gasteiger partial charge in [-0.3, -0.25) is 0 Å². The second-order valence-electron chi connectivity index (χ2n) is 4.21. The second-order valence-corrected chi connectivity index (χ2v) is 4.21. The van der Waals surface area contributed by atoms with Crippen LogP contribution >= 0.6 is 0 Å². The van der Waals surface area contributed by atoms with Crippen LogP contribution < -0.4 is 0 Å². The van der Waals surface area contributed by atoms with Crippen molar-refractivity contribution in [3.8, 4) is 0 Å². The highest BCUT2D eigenvalue weighted by Crippen LogP contribution is 2.35. The lowest BCUT2D eigenvalue weighted by molar-refractivity contribution is 0.233. The van der Waals surface area contributed by atoms with Gasteiger partial charge in [-0.15, -0.1) is 0 Å². The molecule has 1 saturated carbocycles. The quantitative estimate of drug-likeness (QED) is 0.495. The third-order valence-corrected chi connectivity index (χ3v) is 2.98. The van der Waals surface area contributed by atoms with E-state index >= 15 is 0 Å². The van der Waals surface area contributed by atoms with E-state index < -0.39 is 0 Å². The summed E-state index contributed by atoms with van der Waals surface area (Å²) in [6, 6.07) is -0.0525. The van der Waals surface area contributed by atoms with Gasteiger partial charge in [-0.05, 0) is 32.1 Å². The molecule has 0 heterocycles. The van der Waals surface area contributed by atoms with Crippen molar-refractivity contribution < 1.29 is 9.59 Å². The van der Waals surface area contributed by atoms with Crippen LogP contribution in [0.4, 0.5) is 0 Å². The van der Waals surface area contributed by atoms with Gasteiger partial charge in [-0.1, -0.05) is 6.92 Å². The fourth-order valence-electron chi connectivity index (χ4n) is 1.94. The van der Waals surface area contributed by atoms with E-state index in [1.54, 1.807) is 12.2 Å². The first kappa shape index (κ1) is 10.8. The molecule has 76 valence electrons. The third-order valence-electron chi connectivity index (χ3n) is 2.98. The first-order chi connectivity index (χ1) is 6.61. The van der Waals surface area contributed by atoms with E-state index in [9.17, 15) is 9.59 Å². The third kappa shape index (κ3) is 2.38. The van der Waals surface area contributed by atoms with Gasteiger partial charge in [0.25, 0.3) is 0 Å². The maximum atomic E-state index is 10.2. The summed E-state index contributed by atoms with van der Waals surface area (Å²) in [6.07, 6.45) is 5.59. The van der Waals surface area contributed by atoms with Crippen molar-refractivity contribution in [2.75, 3.05) is 0 Å². The summed E-state index contributed by atoms with van der Waals surface area (Å²) in [5.74, 6) is 0.367. The maximum Gasteiger partial charge on any atom is 0.235 e. The normalized spacial score (nSPS) is 36.7. The van der Waals surface area contributed by atoms with E-state index in [4.69, 9.17) is 0 Å². The Balaban J connectivity index is 2.79. The van der Waals surface area contributed by atoms with Gasteiger partial charge < -0.3 is 0 Å².